The normalized spacial score (nSPS) is 17.2. The van der Waals surface area contributed by atoms with Crippen LogP contribution in [0.2, 0.25) is 0 Å². The van der Waals surface area contributed by atoms with Gasteiger partial charge in [0.05, 0.1) is 29.5 Å². The Morgan fingerprint density at radius 1 is 1.31 bits per heavy atom. The number of hydrogen-bond donors (Lipinski definition) is 0. The zero-order chi connectivity index (χ0) is 20.7. The van der Waals surface area contributed by atoms with Crippen molar-refractivity contribution in [1.29, 1.82) is 0 Å². The van der Waals surface area contributed by atoms with Crippen LogP contribution in [0.4, 0.5) is 0 Å². The van der Waals surface area contributed by atoms with E-state index in [2.05, 4.69) is 23.9 Å². The van der Waals surface area contributed by atoms with Crippen molar-refractivity contribution >= 4 is 27.5 Å². The van der Waals surface area contributed by atoms with E-state index in [1.165, 1.54) is 0 Å². The lowest BCUT2D eigenvalue weighted by Gasteiger charge is -2.33. The van der Waals surface area contributed by atoms with Crippen LogP contribution in [0.15, 0.2) is 17.3 Å². The van der Waals surface area contributed by atoms with Crippen LogP contribution in [0.5, 0.6) is 0 Å². The summed E-state index contributed by atoms with van der Waals surface area (Å²) in [6.07, 6.45) is 5.88. The molecule has 0 radical (unpaired) electrons. The van der Waals surface area contributed by atoms with Crippen LogP contribution in [-0.4, -0.2) is 43.2 Å². The molecule has 1 aliphatic heterocycles. The number of carbonyl (C=O) groups is 1. The SMILES string of the molecule is CCc1c(C)sc2ncn(C3CCCN(C(=O)c4cnn(CC)c4C)C3)c(=O)c12. The number of aryl methyl sites for hydroxylation is 3. The first kappa shape index (κ1) is 19.8. The number of aromatic nitrogens is 4. The van der Waals surface area contributed by atoms with E-state index in [0.717, 1.165) is 52.2 Å². The van der Waals surface area contributed by atoms with Crippen LogP contribution in [0.3, 0.4) is 0 Å². The van der Waals surface area contributed by atoms with Crippen LogP contribution >= 0.6 is 11.3 Å². The van der Waals surface area contributed by atoms with E-state index in [1.54, 1.807) is 28.4 Å². The van der Waals surface area contributed by atoms with Gasteiger partial charge in [0.25, 0.3) is 11.5 Å². The molecule has 1 aliphatic rings. The summed E-state index contributed by atoms with van der Waals surface area (Å²) in [5, 5.41) is 5.05. The van der Waals surface area contributed by atoms with Crippen molar-refractivity contribution in [1.82, 2.24) is 24.2 Å². The highest BCUT2D eigenvalue weighted by Crippen LogP contribution is 2.28. The van der Waals surface area contributed by atoms with Crippen LogP contribution in [0.1, 0.15) is 59.2 Å². The number of likely N-dealkylation sites (tertiary alicyclic amines) is 1. The molecule has 0 saturated carbocycles. The van der Waals surface area contributed by atoms with Gasteiger partial charge in [0.15, 0.2) is 0 Å². The molecule has 1 fully saturated rings. The van der Waals surface area contributed by atoms with E-state index in [4.69, 9.17) is 0 Å². The predicted molar refractivity (Wildman–Crippen MR) is 115 cm³/mol. The standard InChI is InChI=1S/C21H27N5O2S/c1-5-16-14(4)29-19-18(16)21(28)25(12-22-19)15-8-7-9-24(11-15)20(27)17-10-23-26(6-2)13(17)3/h10,12,15H,5-9,11H2,1-4H3. The van der Waals surface area contributed by atoms with Crippen molar-refractivity contribution in [2.45, 2.75) is 59.5 Å². The average Bonchev–Trinajstić information content (AvgIpc) is 3.26. The van der Waals surface area contributed by atoms with Crippen LogP contribution in [-0.2, 0) is 13.0 Å². The fourth-order valence-corrected chi connectivity index (χ4v) is 5.44. The quantitative estimate of drug-likeness (QED) is 0.658. The Morgan fingerprint density at radius 2 is 2.10 bits per heavy atom. The predicted octanol–water partition coefficient (Wildman–Crippen LogP) is 3.33. The van der Waals surface area contributed by atoms with Gasteiger partial charge in [0.2, 0.25) is 0 Å². The molecule has 29 heavy (non-hydrogen) atoms. The maximum Gasteiger partial charge on any atom is 0.262 e. The van der Waals surface area contributed by atoms with Gasteiger partial charge >= 0.3 is 0 Å². The summed E-state index contributed by atoms with van der Waals surface area (Å²) in [6, 6.07) is -0.0523. The number of amides is 1. The number of piperidine rings is 1. The van der Waals surface area contributed by atoms with Crippen molar-refractivity contribution in [2.75, 3.05) is 13.1 Å². The molecular weight excluding hydrogens is 386 g/mol. The van der Waals surface area contributed by atoms with Gasteiger partial charge in [0.1, 0.15) is 4.83 Å². The van der Waals surface area contributed by atoms with Crippen molar-refractivity contribution < 1.29 is 4.79 Å². The fraction of sp³-hybridized carbons (Fsp3) is 0.524. The molecule has 0 spiro atoms. The van der Waals surface area contributed by atoms with Gasteiger partial charge in [-0.2, -0.15) is 5.10 Å². The van der Waals surface area contributed by atoms with Gasteiger partial charge in [-0.05, 0) is 45.6 Å². The largest absolute Gasteiger partial charge is 0.336 e. The van der Waals surface area contributed by atoms with Gasteiger partial charge in [-0.1, -0.05) is 6.92 Å². The fourth-order valence-electron chi connectivity index (χ4n) is 4.37. The summed E-state index contributed by atoms with van der Waals surface area (Å²) < 4.78 is 3.58. The highest BCUT2D eigenvalue weighted by Gasteiger charge is 2.28. The van der Waals surface area contributed by atoms with Gasteiger partial charge < -0.3 is 4.90 Å². The Morgan fingerprint density at radius 3 is 2.79 bits per heavy atom. The molecule has 1 saturated heterocycles. The van der Waals surface area contributed by atoms with Crippen LogP contribution in [0, 0.1) is 13.8 Å². The Kier molecular flexibility index (Phi) is 5.29. The second-order valence-corrected chi connectivity index (χ2v) is 8.84. The molecule has 1 unspecified atom stereocenters. The number of carbonyl (C=O) groups excluding carboxylic acids is 1. The average molecular weight is 414 g/mol. The lowest BCUT2D eigenvalue weighted by Crippen LogP contribution is -2.43. The second kappa shape index (κ2) is 7.74. The van der Waals surface area contributed by atoms with E-state index >= 15 is 0 Å². The summed E-state index contributed by atoms with van der Waals surface area (Å²) in [7, 11) is 0. The van der Waals surface area contributed by atoms with Crippen LogP contribution in [0.25, 0.3) is 10.2 Å². The van der Waals surface area contributed by atoms with E-state index in [-0.39, 0.29) is 17.5 Å². The van der Waals surface area contributed by atoms with Gasteiger partial charge in [0, 0.05) is 30.2 Å². The number of nitrogens with zero attached hydrogens (tertiary/aromatic N) is 5. The molecule has 7 nitrogen and oxygen atoms in total. The summed E-state index contributed by atoms with van der Waals surface area (Å²) in [5.41, 5.74) is 2.66. The molecule has 0 N–H and O–H groups in total. The molecule has 3 aromatic rings. The number of fused-ring (bicyclic) bond motifs is 1. The number of hydrogen-bond acceptors (Lipinski definition) is 5. The third kappa shape index (κ3) is 3.29. The first-order valence-electron chi connectivity index (χ1n) is 10.3. The molecular formula is C21H27N5O2S. The monoisotopic (exact) mass is 413 g/mol. The molecule has 0 bridgehead atoms. The maximum atomic E-state index is 13.3. The van der Waals surface area contributed by atoms with Crippen molar-refractivity contribution in [3.63, 3.8) is 0 Å². The van der Waals surface area contributed by atoms with Gasteiger partial charge in [-0.15, -0.1) is 11.3 Å². The lowest BCUT2D eigenvalue weighted by atomic mass is 10.0. The number of rotatable bonds is 4. The first-order valence-corrected chi connectivity index (χ1v) is 11.1. The molecule has 1 amide bonds. The Labute approximate surface area is 174 Å². The van der Waals surface area contributed by atoms with E-state index in [0.29, 0.717) is 18.7 Å². The summed E-state index contributed by atoms with van der Waals surface area (Å²) in [5.74, 6) is -0.00499. The minimum Gasteiger partial charge on any atom is -0.336 e. The highest BCUT2D eigenvalue weighted by molar-refractivity contribution is 7.18. The Balaban J connectivity index is 1.65. The molecule has 154 valence electrons. The Bertz CT molecular complexity index is 1130. The molecule has 0 aliphatic carbocycles. The molecule has 1 atom stereocenters. The third-order valence-corrected chi connectivity index (χ3v) is 7.06. The van der Waals surface area contributed by atoms with Crippen LogP contribution < -0.4 is 5.56 Å². The Hall–Kier alpha value is -2.48. The van der Waals surface area contributed by atoms with Gasteiger partial charge in [-0.3, -0.25) is 18.8 Å². The van der Waals surface area contributed by atoms with Gasteiger partial charge in [-0.25, -0.2) is 4.98 Å². The second-order valence-electron chi connectivity index (χ2n) is 7.63. The first-order chi connectivity index (χ1) is 14.0. The third-order valence-electron chi connectivity index (χ3n) is 6.00. The van der Waals surface area contributed by atoms with E-state index < -0.39 is 0 Å². The highest BCUT2D eigenvalue weighted by atomic mass is 32.1. The van der Waals surface area contributed by atoms with E-state index in [9.17, 15) is 9.59 Å². The minimum absolute atomic E-state index is 0.00499. The minimum atomic E-state index is -0.0523. The summed E-state index contributed by atoms with van der Waals surface area (Å²) in [6.45, 7) is 10.0. The maximum absolute atomic E-state index is 13.3. The number of thiophene rings is 1. The molecule has 4 rings (SSSR count). The summed E-state index contributed by atoms with van der Waals surface area (Å²) in [4.78, 5) is 34.8. The topological polar surface area (TPSA) is 73.0 Å². The zero-order valence-corrected chi connectivity index (χ0v) is 18.3. The zero-order valence-electron chi connectivity index (χ0n) is 17.4. The molecule has 3 aromatic heterocycles. The summed E-state index contributed by atoms with van der Waals surface area (Å²) >= 11 is 1.58. The molecule has 8 heteroatoms. The van der Waals surface area contributed by atoms with Crippen molar-refractivity contribution in [3.8, 4) is 0 Å². The van der Waals surface area contributed by atoms with E-state index in [1.807, 2.05) is 23.4 Å². The van der Waals surface area contributed by atoms with Crippen molar-refractivity contribution in [2.24, 2.45) is 0 Å². The molecule has 0 aromatic carbocycles. The smallest absolute Gasteiger partial charge is 0.262 e. The molecule has 4 heterocycles. The lowest BCUT2D eigenvalue weighted by molar-refractivity contribution is 0.0676. The van der Waals surface area contributed by atoms with Crippen molar-refractivity contribution in [3.05, 3.63) is 44.6 Å².